The molecule has 1 aliphatic heterocycles. The molecule has 346 valence electrons. The van der Waals surface area contributed by atoms with E-state index in [1.165, 1.54) is 51.9 Å². The maximum Gasteiger partial charge on any atom is 0.293 e. The number of hydrogen-bond donors (Lipinski definition) is 7. The third-order valence-corrected chi connectivity index (χ3v) is 10.8. The minimum atomic E-state index is -1.65. The lowest BCUT2D eigenvalue weighted by Gasteiger charge is -2.29. The lowest BCUT2D eigenvalue weighted by molar-refractivity contribution is -0.145. The van der Waals surface area contributed by atoms with Crippen LogP contribution in [0.3, 0.4) is 0 Å². The molecule has 0 saturated carbocycles. The lowest BCUT2D eigenvalue weighted by Crippen LogP contribution is -2.57. The van der Waals surface area contributed by atoms with E-state index < -0.39 is 115 Å². The van der Waals surface area contributed by atoms with Gasteiger partial charge in [-0.25, -0.2) is 0 Å². The fraction of sp³-hybridized carbons (Fsp3) is 0.767. The predicted molar refractivity (Wildman–Crippen MR) is 225 cm³/mol. The average molecular weight is 865 g/mol. The number of rotatable bonds is 32. The summed E-state index contributed by atoms with van der Waals surface area (Å²) in [5.41, 5.74) is 5.16. The number of Topliss-reactive ketones (excluding diaryl/α,β-unsaturated/α-hetero) is 3. The second kappa shape index (κ2) is 29.6. The summed E-state index contributed by atoms with van der Waals surface area (Å²) in [7, 11) is 0. The zero-order valence-electron chi connectivity index (χ0n) is 36.9. The Kier molecular flexibility index (Phi) is 26.4. The summed E-state index contributed by atoms with van der Waals surface area (Å²) in [6.45, 7) is 6.69. The van der Waals surface area contributed by atoms with Gasteiger partial charge in [0, 0.05) is 38.6 Å². The fourth-order valence-corrected chi connectivity index (χ4v) is 7.25. The van der Waals surface area contributed by atoms with Crippen molar-refractivity contribution in [2.24, 2.45) is 23.5 Å². The van der Waals surface area contributed by atoms with E-state index in [-0.39, 0.29) is 31.1 Å². The highest BCUT2D eigenvalue weighted by Gasteiger charge is 2.39. The summed E-state index contributed by atoms with van der Waals surface area (Å²) in [4.78, 5) is 128. The van der Waals surface area contributed by atoms with Crippen LogP contribution in [0.25, 0.3) is 0 Å². The van der Waals surface area contributed by atoms with Crippen molar-refractivity contribution < 1.29 is 58.2 Å². The standard InChI is InChI=1S/C43H72N6O12/c1-6-7-8-9-10-11-12-13-14-15-16-18-32(53)22-30(21-27(2)3)40(58)47-34(26-51)36(54)23-31(25-50)43(61)49-20-17-19-35(49)42(60)45-28(4)38(56)46-33(24-37(44)55)41(59)48-39(57)29(5)52/h27-28,30-31,33-35,50-51H,6-26H2,1-5H3,(H2,44,55)(H,45,60)(H,46,56)(H,47,58)(H,48,57,59)/t28-,30+,31-,33-,34-,35+/m0/s1. The van der Waals surface area contributed by atoms with E-state index in [2.05, 4.69) is 22.9 Å². The highest BCUT2D eigenvalue weighted by atomic mass is 16.3. The number of imide groups is 1. The van der Waals surface area contributed by atoms with Crippen LogP contribution in [0.1, 0.15) is 150 Å². The number of aliphatic hydroxyl groups excluding tert-OH is 2. The Balaban J connectivity index is 2.81. The van der Waals surface area contributed by atoms with Crippen molar-refractivity contribution in [1.29, 1.82) is 0 Å². The number of amides is 7. The van der Waals surface area contributed by atoms with Crippen LogP contribution in [0.4, 0.5) is 0 Å². The van der Waals surface area contributed by atoms with E-state index in [0.717, 1.165) is 37.5 Å². The summed E-state index contributed by atoms with van der Waals surface area (Å²) < 4.78 is 0. The molecule has 18 heteroatoms. The van der Waals surface area contributed by atoms with Crippen LogP contribution in [-0.4, -0.2) is 118 Å². The van der Waals surface area contributed by atoms with Gasteiger partial charge >= 0.3 is 0 Å². The number of nitrogens with two attached hydrogens (primary N) is 1. The first-order valence-electron chi connectivity index (χ1n) is 22.0. The molecule has 1 heterocycles. The molecule has 0 aromatic carbocycles. The quantitative estimate of drug-likeness (QED) is 0.0374. The highest BCUT2D eigenvalue weighted by Crippen LogP contribution is 2.23. The Morgan fingerprint density at radius 2 is 1.26 bits per heavy atom. The molecule has 8 N–H and O–H groups in total. The molecule has 1 fully saturated rings. The van der Waals surface area contributed by atoms with E-state index in [0.29, 0.717) is 19.3 Å². The predicted octanol–water partition coefficient (Wildman–Crippen LogP) is 1.44. The topological polar surface area (TPSA) is 289 Å². The highest BCUT2D eigenvalue weighted by molar-refractivity contribution is 6.38. The van der Waals surface area contributed by atoms with Gasteiger partial charge in [0.25, 0.3) is 5.91 Å². The van der Waals surface area contributed by atoms with Crippen LogP contribution < -0.4 is 27.0 Å². The number of ketones is 3. The molecule has 0 bridgehead atoms. The van der Waals surface area contributed by atoms with Crippen molar-refractivity contribution >= 4 is 58.7 Å². The Labute approximate surface area is 360 Å². The largest absolute Gasteiger partial charge is 0.396 e. The van der Waals surface area contributed by atoms with Gasteiger partial charge in [-0.15, -0.1) is 0 Å². The van der Waals surface area contributed by atoms with Crippen LogP contribution in [0.5, 0.6) is 0 Å². The maximum atomic E-state index is 13.6. The van der Waals surface area contributed by atoms with Gasteiger partial charge in [-0.1, -0.05) is 85.0 Å². The van der Waals surface area contributed by atoms with Crippen LogP contribution in [0.2, 0.25) is 0 Å². The first-order valence-corrected chi connectivity index (χ1v) is 22.0. The molecule has 6 atom stereocenters. The number of unbranched alkanes of at least 4 members (excludes halogenated alkanes) is 10. The summed E-state index contributed by atoms with van der Waals surface area (Å²) in [5, 5.41) is 29.2. The van der Waals surface area contributed by atoms with E-state index in [4.69, 9.17) is 5.73 Å². The van der Waals surface area contributed by atoms with Crippen molar-refractivity contribution in [3.8, 4) is 0 Å². The Morgan fingerprint density at radius 3 is 1.79 bits per heavy atom. The second-order valence-corrected chi connectivity index (χ2v) is 16.7. The molecule has 0 unspecified atom stereocenters. The van der Waals surface area contributed by atoms with Crippen LogP contribution in [-0.2, 0) is 47.9 Å². The molecule has 0 spiro atoms. The third-order valence-electron chi connectivity index (χ3n) is 10.8. The SMILES string of the molecule is CCCCCCCCCCCCCC(=O)C[C@@H](CC(C)C)C(=O)N[C@@H](CO)C(=O)C[C@@H](CO)C(=O)N1CCC[C@@H]1C(=O)N[C@@H](C)C(=O)N[C@@H](CC(N)=O)C(=O)NC(=O)C(C)=O. The zero-order valence-corrected chi connectivity index (χ0v) is 36.9. The smallest absolute Gasteiger partial charge is 0.293 e. The summed E-state index contributed by atoms with van der Waals surface area (Å²) in [6, 6.07) is -5.51. The molecule has 0 aliphatic carbocycles. The molecular weight excluding hydrogens is 793 g/mol. The number of hydrogen-bond acceptors (Lipinski definition) is 12. The Hall–Kier alpha value is -4.58. The number of carbonyl (C=O) groups is 10. The number of nitrogens with zero attached hydrogens (tertiary/aromatic N) is 1. The minimum Gasteiger partial charge on any atom is -0.396 e. The van der Waals surface area contributed by atoms with Crippen molar-refractivity contribution in [3.63, 3.8) is 0 Å². The molecule has 7 amide bonds. The Bertz CT molecular complexity index is 1500. The zero-order chi connectivity index (χ0) is 46.1. The third kappa shape index (κ3) is 21.2. The summed E-state index contributed by atoms with van der Waals surface area (Å²) in [5.74, 6) is -10.3. The van der Waals surface area contributed by atoms with E-state index >= 15 is 0 Å². The van der Waals surface area contributed by atoms with Crippen molar-refractivity contribution in [1.82, 2.24) is 26.2 Å². The van der Waals surface area contributed by atoms with Crippen LogP contribution in [0, 0.1) is 17.8 Å². The van der Waals surface area contributed by atoms with Gasteiger partial charge in [-0.05, 0) is 38.5 Å². The van der Waals surface area contributed by atoms with Gasteiger partial charge < -0.3 is 36.8 Å². The fourth-order valence-electron chi connectivity index (χ4n) is 7.25. The van der Waals surface area contributed by atoms with E-state index in [9.17, 15) is 58.2 Å². The molecule has 0 aromatic rings. The van der Waals surface area contributed by atoms with Gasteiger partial charge in [0.15, 0.2) is 5.78 Å². The van der Waals surface area contributed by atoms with Gasteiger partial charge in [0.1, 0.15) is 30.0 Å². The molecule has 0 aromatic heterocycles. The summed E-state index contributed by atoms with van der Waals surface area (Å²) in [6.07, 6.45) is 12.6. The monoisotopic (exact) mass is 865 g/mol. The first-order chi connectivity index (χ1) is 28.9. The average Bonchev–Trinajstić information content (AvgIpc) is 3.70. The minimum absolute atomic E-state index is 0.00400. The number of carbonyl (C=O) groups excluding carboxylic acids is 10. The summed E-state index contributed by atoms with van der Waals surface area (Å²) >= 11 is 0. The second-order valence-electron chi connectivity index (χ2n) is 16.7. The van der Waals surface area contributed by atoms with Gasteiger partial charge in [-0.2, -0.15) is 0 Å². The van der Waals surface area contributed by atoms with Crippen molar-refractivity contribution in [2.75, 3.05) is 19.8 Å². The lowest BCUT2D eigenvalue weighted by atomic mass is 9.89. The normalized spacial score (nSPS) is 16.1. The van der Waals surface area contributed by atoms with Gasteiger partial charge in [-0.3, -0.25) is 53.3 Å². The van der Waals surface area contributed by atoms with E-state index in [1.807, 2.05) is 13.8 Å². The van der Waals surface area contributed by atoms with E-state index in [1.54, 1.807) is 5.32 Å². The number of likely N-dealkylation sites (tertiary alicyclic amines) is 1. The molecule has 1 rings (SSSR count). The molecule has 1 aliphatic rings. The number of aliphatic hydroxyl groups is 2. The van der Waals surface area contributed by atoms with Gasteiger partial charge in [0.05, 0.1) is 25.6 Å². The van der Waals surface area contributed by atoms with Crippen molar-refractivity contribution in [2.45, 2.75) is 174 Å². The molecule has 0 radical (unpaired) electrons. The van der Waals surface area contributed by atoms with Crippen LogP contribution in [0.15, 0.2) is 0 Å². The molecule has 61 heavy (non-hydrogen) atoms. The maximum absolute atomic E-state index is 13.6. The molecule has 1 saturated heterocycles. The van der Waals surface area contributed by atoms with Crippen LogP contribution >= 0.6 is 0 Å². The van der Waals surface area contributed by atoms with Gasteiger partial charge in [0.2, 0.25) is 41.2 Å². The molecular formula is C43H72N6O12. The first kappa shape index (κ1) is 54.4. The Morgan fingerprint density at radius 1 is 0.689 bits per heavy atom. The number of primary amides is 1. The molecule has 18 nitrogen and oxygen atoms in total. The van der Waals surface area contributed by atoms with Crippen molar-refractivity contribution in [3.05, 3.63) is 0 Å². The number of nitrogens with one attached hydrogen (secondary N) is 4.